The van der Waals surface area contributed by atoms with Crippen LogP contribution < -0.4 is 5.73 Å². The first-order valence-corrected chi connectivity index (χ1v) is 8.23. The van der Waals surface area contributed by atoms with Gasteiger partial charge in [0.2, 0.25) is 5.91 Å². The number of hydrogen-bond acceptors (Lipinski definition) is 3. The molecular formula is C18H27ClN4O. The molecule has 0 saturated carbocycles. The second kappa shape index (κ2) is 10.8. The molecule has 5 nitrogen and oxygen atoms in total. The summed E-state index contributed by atoms with van der Waals surface area (Å²) < 4.78 is 1.83. The van der Waals surface area contributed by atoms with E-state index in [1.807, 2.05) is 54.5 Å². The van der Waals surface area contributed by atoms with Gasteiger partial charge >= 0.3 is 0 Å². The van der Waals surface area contributed by atoms with Crippen LogP contribution in [-0.2, 0) is 11.3 Å². The van der Waals surface area contributed by atoms with Gasteiger partial charge in [0.05, 0.1) is 11.9 Å². The predicted molar refractivity (Wildman–Crippen MR) is 99.4 cm³/mol. The van der Waals surface area contributed by atoms with Gasteiger partial charge in [-0.2, -0.15) is 5.10 Å². The Balaban J connectivity index is 0.00000288. The number of para-hydroxylation sites is 1. The van der Waals surface area contributed by atoms with Crippen molar-refractivity contribution >= 4 is 18.3 Å². The maximum absolute atomic E-state index is 12.1. The van der Waals surface area contributed by atoms with Crippen LogP contribution in [0.2, 0.25) is 0 Å². The summed E-state index contributed by atoms with van der Waals surface area (Å²) >= 11 is 0. The average Bonchev–Trinajstić information content (AvgIpc) is 3.03. The number of benzene rings is 1. The summed E-state index contributed by atoms with van der Waals surface area (Å²) in [6, 6.07) is 9.96. The van der Waals surface area contributed by atoms with Crippen molar-refractivity contribution in [2.24, 2.45) is 5.73 Å². The third-order valence-electron chi connectivity index (χ3n) is 3.85. The number of aromatic nitrogens is 2. The molecular weight excluding hydrogens is 324 g/mol. The topological polar surface area (TPSA) is 64.2 Å². The molecule has 2 N–H and O–H groups in total. The van der Waals surface area contributed by atoms with Gasteiger partial charge in [-0.15, -0.1) is 12.4 Å². The summed E-state index contributed by atoms with van der Waals surface area (Å²) in [4.78, 5) is 13.9. The first kappa shape index (κ1) is 20.2. The number of rotatable bonds is 9. The number of hydrogen-bond donors (Lipinski definition) is 1. The monoisotopic (exact) mass is 350 g/mol. The molecule has 0 aliphatic rings. The van der Waals surface area contributed by atoms with Gasteiger partial charge in [-0.1, -0.05) is 31.0 Å². The lowest BCUT2D eigenvalue weighted by Crippen LogP contribution is -2.25. The highest BCUT2D eigenvalue weighted by atomic mass is 35.5. The molecule has 1 amide bonds. The Morgan fingerprint density at radius 1 is 1.17 bits per heavy atom. The van der Waals surface area contributed by atoms with Gasteiger partial charge in [0.1, 0.15) is 0 Å². The number of nitrogens with two attached hydrogens (primary N) is 1. The first-order chi connectivity index (χ1) is 11.2. The van der Waals surface area contributed by atoms with Gasteiger partial charge in [-0.05, 0) is 31.5 Å². The highest BCUT2D eigenvalue weighted by Gasteiger charge is 2.10. The van der Waals surface area contributed by atoms with E-state index in [1.54, 1.807) is 4.90 Å². The molecule has 1 aromatic carbocycles. The van der Waals surface area contributed by atoms with Crippen molar-refractivity contribution in [3.05, 3.63) is 48.3 Å². The van der Waals surface area contributed by atoms with E-state index in [1.165, 1.54) is 0 Å². The Morgan fingerprint density at radius 2 is 1.88 bits per heavy atom. The predicted octanol–water partition coefficient (Wildman–Crippen LogP) is 3.16. The second-order valence-electron chi connectivity index (χ2n) is 5.83. The molecule has 6 heteroatoms. The zero-order chi connectivity index (χ0) is 16.5. The summed E-state index contributed by atoms with van der Waals surface area (Å²) in [6.07, 6.45) is 8.56. The van der Waals surface area contributed by atoms with Crippen LogP contribution in [0.15, 0.2) is 42.7 Å². The second-order valence-corrected chi connectivity index (χ2v) is 5.83. The molecule has 0 aliphatic heterocycles. The lowest BCUT2D eigenvalue weighted by molar-refractivity contribution is -0.130. The molecule has 1 heterocycles. The molecule has 0 saturated heterocycles. The van der Waals surface area contributed by atoms with Gasteiger partial charge in [0.25, 0.3) is 0 Å². The molecule has 0 radical (unpaired) electrons. The van der Waals surface area contributed by atoms with E-state index in [4.69, 9.17) is 5.73 Å². The zero-order valence-corrected chi connectivity index (χ0v) is 15.0. The molecule has 2 rings (SSSR count). The summed E-state index contributed by atoms with van der Waals surface area (Å²) in [5.74, 6) is 0.185. The average molecular weight is 351 g/mol. The third-order valence-corrected chi connectivity index (χ3v) is 3.85. The SMILES string of the molecule is CN(Cc1cnn(-c2ccccc2)c1)C(=O)CCCCCCN.Cl. The van der Waals surface area contributed by atoms with Gasteiger partial charge in [0.15, 0.2) is 0 Å². The van der Waals surface area contributed by atoms with E-state index < -0.39 is 0 Å². The molecule has 24 heavy (non-hydrogen) atoms. The van der Waals surface area contributed by atoms with Crippen molar-refractivity contribution in [1.29, 1.82) is 0 Å². The quantitative estimate of drug-likeness (QED) is 0.706. The fourth-order valence-corrected chi connectivity index (χ4v) is 2.49. The van der Waals surface area contributed by atoms with Gasteiger partial charge in [-0.3, -0.25) is 4.79 Å². The Hall–Kier alpha value is -1.85. The summed E-state index contributed by atoms with van der Waals surface area (Å²) in [5.41, 5.74) is 7.52. The van der Waals surface area contributed by atoms with Crippen molar-refractivity contribution in [3.63, 3.8) is 0 Å². The molecule has 0 fully saturated rings. The summed E-state index contributed by atoms with van der Waals surface area (Å²) in [6.45, 7) is 1.33. The van der Waals surface area contributed by atoms with Crippen molar-refractivity contribution < 1.29 is 4.79 Å². The van der Waals surface area contributed by atoms with Crippen molar-refractivity contribution in [2.75, 3.05) is 13.6 Å². The number of halogens is 1. The molecule has 0 aliphatic carbocycles. The van der Waals surface area contributed by atoms with Crippen molar-refractivity contribution in [3.8, 4) is 5.69 Å². The number of nitrogens with zero attached hydrogens (tertiary/aromatic N) is 3. The number of carbonyl (C=O) groups excluding carboxylic acids is 1. The largest absolute Gasteiger partial charge is 0.341 e. The molecule has 2 aromatic rings. The minimum absolute atomic E-state index is 0. The summed E-state index contributed by atoms with van der Waals surface area (Å²) in [5, 5.41) is 4.36. The van der Waals surface area contributed by atoms with Crippen LogP contribution in [0.1, 0.15) is 37.7 Å². The molecule has 1 aromatic heterocycles. The highest BCUT2D eigenvalue weighted by molar-refractivity contribution is 5.85. The van der Waals surface area contributed by atoms with E-state index in [2.05, 4.69) is 5.10 Å². The minimum atomic E-state index is 0. The maximum atomic E-state index is 12.1. The van der Waals surface area contributed by atoms with Crippen LogP contribution >= 0.6 is 12.4 Å². The molecule has 0 bridgehead atoms. The Labute approximate surface area is 150 Å². The highest BCUT2D eigenvalue weighted by Crippen LogP contribution is 2.10. The van der Waals surface area contributed by atoms with Crippen LogP contribution in [0, 0.1) is 0 Å². The summed E-state index contributed by atoms with van der Waals surface area (Å²) in [7, 11) is 1.85. The number of carbonyl (C=O) groups is 1. The normalized spacial score (nSPS) is 10.2. The van der Waals surface area contributed by atoms with E-state index in [0.29, 0.717) is 13.0 Å². The van der Waals surface area contributed by atoms with E-state index in [9.17, 15) is 4.79 Å². The fraction of sp³-hybridized carbons (Fsp3) is 0.444. The Bertz CT molecular complexity index is 600. The zero-order valence-electron chi connectivity index (χ0n) is 14.2. The molecule has 132 valence electrons. The Morgan fingerprint density at radius 3 is 2.58 bits per heavy atom. The third kappa shape index (κ3) is 6.34. The smallest absolute Gasteiger partial charge is 0.222 e. The van der Waals surface area contributed by atoms with Crippen LogP contribution in [-0.4, -0.2) is 34.2 Å². The van der Waals surface area contributed by atoms with Crippen LogP contribution in [0.4, 0.5) is 0 Å². The number of amides is 1. The molecule has 0 unspecified atom stereocenters. The van der Waals surface area contributed by atoms with Gasteiger partial charge in [-0.25, -0.2) is 4.68 Å². The van der Waals surface area contributed by atoms with Gasteiger partial charge < -0.3 is 10.6 Å². The molecule has 0 atom stereocenters. The standard InChI is InChI=1S/C18H26N4O.ClH/c1-21(18(23)11-7-2-3-8-12-19)14-16-13-20-22(15-16)17-9-5-4-6-10-17;/h4-6,9-10,13,15H,2-3,7-8,11-12,14,19H2,1H3;1H. The molecule has 0 spiro atoms. The Kier molecular flexibility index (Phi) is 9.12. The lowest BCUT2D eigenvalue weighted by Gasteiger charge is -2.16. The van der Waals surface area contributed by atoms with E-state index in [-0.39, 0.29) is 18.3 Å². The number of unbranched alkanes of at least 4 members (excludes halogenated alkanes) is 3. The lowest BCUT2D eigenvalue weighted by atomic mass is 10.1. The van der Waals surface area contributed by atoms with E-state index >= 15 is 0 Å². The van der Waals surface area contributed by atoms with Crippen molar-refractivity contribution in [1.82, 2.24) is 14.7 Å². The van der Waals surface area contributed by atoms with Gasteiger partial charge in [0, 0.05) is 31.8 Å². The minimum Gasteiger partial charge on any atom is -0.341 e. The van der Waals surface area contributed by atoms with E-state index in [0.717, 1.165) is 43.5 Å². The fourth-order valence-electron chi connectivity index (χ4n) is 2.49. The van der Waals surface area contributed by atoms with Crippen LogP contribution in [0.3, 0.4) is 0 Å². The van der Waals surface area contributed by atoms with Crippen LogP contribution in [0.25, 0.3) is 5.69 Å². The van der Waals surface area contributed by atoms with Crippen LogP contribution in [0.5, 0.6) is 0 Å². The van der Waals surface area contributed by atoms with Crippen molar-refractivity contribution in [2.45, 2.75) is 38.6 Å². The first-order valence-electron chi connectivity index (χ1n) is 8.23. The maximum Gasteiger partial charge on any atom is 0.222 e.